The minimum absolute atomic E-state index is 0.587. The number of anilines is 1. The van der Waals surface area contributed by atoms with E-state index >= 15 is 0 Å². The lowest BCUT2D eigenvalue weighted by Gasteiger charge is -2.11. The van der Waals surface area contributed by atoms with E-state index in [2.05, 4.69) is 21.0 Å². The molecule has 0 amide bonds. The monoisotopic (exact) mass is 325 g/mol. The van der Waals surface area contributed by atoms with Gasteiger partial charge in [-0.05, 0) is 40.5 Å². The lowest BCUT2D eigenvalue weighted by Crippen LogP contribution is -1.97. The lowest BCUT2D eigenvalue weighted by molar-refractivity contribution is 0.355. The van der Waals surface area contributed by atoms with Crippen LogP contribution in [0.15, 0.2) is 16.6 Å². The summed E-state index contributed by atoms with van der Waals surface area (Å²) >= 11 is 3.47. The smallest absolute Gasteiger partial charge is 0.161 e. The van der Waals surface area contributed by atoms with Crippen LogP contribution in [-0.2, 0) is 7.05 Å². The van der Waals surface area contributed by atoms with E-state index in [4.69, 9.17) is 15.2 Å². The van der Waals surface area contributed by atoms with Crippen molar-refractivity contribution < 1.29 is 9.47 Å². The van der Waals surface area contributed by atoms with Gasteiger partial charge in [0.15, 0.2) is 11.5 Å². The van der Waals surface area contributed by atoms with Crippen LogP contribution in [0, 0.1) is 6.92 Å². The van der Waals surface area contributed by atoms with E-state index in [0.717, 1.165) is 21.3 Å². The average Bonchev–Trinajstić information content (AvgIpc) is 2.66. The molecule has 102 valence electrons. The fourth-order valence-electron chi connectivity index (χ4n) is 1.92. The molecule has 0 aliphatic heterocycles. The maximum absolute atomic E-state index is 5.91. The van der Waals surface area contributed by atoms with Gasteiger partial charge in [-0.2, -0.15) is 5.10 Å². The Kier molecular flexibility index (Phi) is 3.71. The van der Waals surface area contributed by atoms with Gasteiger partial charge in [0.25, 0.3) is 0 Å². The van der Waals surface area contributed by atoms with Crippen LogP contribution in [-0.4, -0.2) is 24.0 Å². The molecule has 0 unspecified atom stereocenters. The highest BCUT2D eigenvalue weighted by Gasteiger charge is 2.17. The number of halogens is 1. The van der Waals surface area contributed by atoms with Gasteiger partial charge in [0.05, 0.1) is 18.7 Å². The van der Waals surface area contributed by atoms with E-state index in [1.165, 1.54) is 0 Å². The molecule has 0 saturated carbocycles. The largest absolute Gasteiger partial charge is 0.493 e. The SMILES string of the molecule is COc1cc(C)c(-c2nn(C)c(N)c2Br)cc1OC. The Labute approximate surface area is 120 Å². The summed E-state index contributed by atoms with van der Waals surface area (Å²) in [5.74, 6) is 1.95. The molecular weight excluding hydrogens is 310 g/mol. The van der Waals surface area contributed by atoms with Crippen molar-refractivity contribution in [1.29, 1.82) is 0 Å². The first-order chi connectivity index (χ1) is 8.99. The summed E-state index contributed by atoms with van der Waals surface area (Å²) in [4.78, 5) is 0. The van der Waals surface area contributed by atoms with Crippen LogP contribution in [0.1, 0.15) is 5.56 Å². The van der Waals surface area contributed by atoms with E-state index in [0.29, 0.717) is 17.3 Å². The Bertz CT molecular complexity index is 623. The first kappa shape index (κ1) is 13.7. The molecule has 2 aromatic rings. The molecule has 0 aliphatic rings. The maximum Gasteiger partial charge on any atom is 0.161 e. The molecule has 0 atom stereocenters. The number of aromatic nitrogens is 2. The third kappa shape index (κ3) is 2.28. The molecule has 0 bridgehead atoms. The standard InChI is InChI=1S/C13H16BrN3O2/c1-7-5-9(18-3)10(19-4)6-8(7)12-11(14)13(15)17(2)16-12/h5-6H,15H2,1-4H3. The second kappa shape index (κ2) is 5.13. The van der Waals surface area contributed by atoms with Gasteiger partial charge in [0.2, 0.25) is 0 Å². The molecule has 5 nitrogen and oxygen atoms in total. The van der Waals surface area contributed by atoms with Crippen molar-refractivity contribution >= 4 is 21.7 Å². The quantitative estimate of drug-likeness (QED) is 0.942. The summed E-state index contributed by atoms with van der Waals surface area (Å²) in [6.07, 6.45) is 0. The Morgan fingerprint density at radius 1 is 1.21 bits per heavy atom. The Morgan fingerprint density at radius 3 is 2.26 bits per heavy atom. The van der Waals surface area contributed by atoms with Crippen molar-refractivity contribution in [2.45, 2.75) is 6.92 Å². The van der Waals surface area contributed by atoms with Crippen molar-refractivity contribution in [2.75, 3.05) is 20.0 Å². The first-order valence-electron chi connectivity index (χ1n) is 5.70. The number of rotatable bonds is 3. The van der Waals surface area contributed by atoms with E-state index in [1.54, 1.807) is 25.9 Å². The first-order valence-corrected chi connectivity index (χ1v) is 6.49. The summed E-state index contributed by atoms with van der Waals surface area (Å²) in [5, 5.41) is 4.42. The van der Waals surface area contributed by atoms with E-state index < -0.39 is 0 Å². The van der Waals surface area contributed by atoms with Crippen LogP contribution in [0.5, 0.6) is 11.5 Å². The highest BCUT2D eigenvalue weighted by molar-refractivity contribution is 9.10. The van der Waals surface area contributed by atoms with Crippen molar-refractivity contribution in [3.05, 3.63) is 22.2 Å². The van der Waals surface area contributed by atoms with Crippen LogP contribution < -0.4 is 15.2 Å². The summed E-state index contributed by atoms with van der Waals surface area (Å²) in [6, 6.07) is 3.83. The number of nitrogens with two attached hydrogens (primary N) is 1. The topological polar surface area (TPSA) is 62.3 Å². The fraction of sp³-hybridized carbons (Fsp3) is 0.308. The van der Waals surface area contributed by atoms with Gasteiger partial charge >= 0.3 is 0 Å². The van der Waals surface area contributed by atoms with Crippen molar-refractivity contribution in [2.24, 2.45) is 7.05 Å². The summed E-state index contributed by atoms with van der Waals surface area (Å²) in [7, 11) is 5.03. The Morgan fingerprint density at radius 2 is 1.79 bits per heavy atom. The number of aryl methyl sites for hydroxylation is 2. The molecule has 2 N–H and O–H groups in total. The minimum atomic E-state index is 0.587. The van der Waals surface area contributed by atoms with Gasteiger partial charge in [-0.1, -0.05) is 0 Å². The molecular formula is C13H16BrN3O2. The van der Waals surface area contributed by atoms with Gasteiger partial charge < -0.3 is 15.2 Å². The second-order valence-electron chi connectivity index (χ2n) is 4.19. The lowest BCUT2D eigenvalue weighted by atomic mass is 10.0. The molecule has 2 rings (SSSR count). The highest BCUT2D eigenvalue weighted by atomic mass is 79.9. The number of benzene rings is 1. The van der Waals surface area contributed by atoms with Gasteiger partial charge in [0, 0.05) is 12.6 Å². The summed E-state index contributed by atoms with van der Waals surface area (Å²) in [6.45, 7) is 1.99. The third-order valence-electron chi connectivity index (χ3n) is 3.02. The minimum Gasteiger partial charge on any atom is -0.493 e. The summed E-state index contributed by atoms with van der Waals surface area (Å²) < 4.78 is 13.0. The maximum atomic E-state index is 5.91. The molecule has 0 saturated heterocycles. The van der Waals surface area contributed by atoms with Crippen LogP contribution in [0.25, 0.3) is 11.3 Å². The number of methoxy groups -OCH3 is 2. The Balaban J connectivity index is 2.65. The molecule has 6 heteroatoms. The number of ether oxygens (including phenoxy) is 2. The van der Waals surface area contributed by atoms with Crippen molar-refractivity contribution in [3.63, 3.8) is 0 Å². The van der Waals surface area contributed by atoms with Gasteiger partial charge in [-0.25, -0.2) is 0 Å². The zero-order chi connectivity index (χ0) is 14.2. The van der Waals surface area contributed by atoms with Gasteiger partial charge in [0.1, 0.15) is 11.5 Å². The van der Waals surface area contributed by atoms with E-state index in [-0.39, 0.29) is 0 Å². The third-order valence-corrected chi connectivity index (χ3v) is 3.80. The molecule has 0 fully saturated rings. The van der Waals surface area contributed by atoms with Crippen LogP contribution in [0.3, 0.4) is 0 Å². The average molecular weight is 326 g/mol. The zero-order valence-electron chi connectivity index (χ0n) is 11.3. The number of nitrogen functional groups attached to an aromatic ring is 1. The molecule has 1 aromatic heterocycles. The number of hydrogen-bond acceptors (Lipinski definition) is 4. The molecule has 1 heterocycles. The molecule has 0 aliphatic carbocycles. The molecule has 0 spiro atoms. The van der Waals surface area contributed by atoms with Crippen LogP contribution in [0.4, 0.5) is 5.82 Å². The normalized spacial score (nSPS) is 10.6. The number of nitrogens with zero attached hydrogens (tertiary/aromatic N) is 2. The van der Waals surface area contributed by atoms with Crippen molar-refractivity contribution in [3.8, 4) is 22.8 Å². The zero-order valence-corrected chi connectivity index (χ0v) is 12.9. The van der Waals surface area contributed by atoms with Gasteiger partial charge in [-0.3, -0.25) is 4.68 Å². The van der Waals surface area contributed by atoms with E-state index in [1.807, 2.05) is 19.1 Å². The predicted octanol–water partition coefficient (Wildman–Crippen LogP) is 2.76. The predicted molar refractivity (Wildman–Crippen MR) is 78.6 cm³/mol. The molecule has 0 radical (unpaired) electrons. The van der Waals surface area contributed by atoms with Crippen LogP contribution >= 0.6 is 15.9 Å². The summed E-state index contributed by atoms with van der Waals surface area (Å²) in [5.41, 5.74) is 8.70. The highest BCUT2D eigenvalue weighted by Crippen LogP contribution is 2.39. The van der Waals surface area contributed by atoms with Gasteiger partial charge in [-0.15, -0.1) is 0 Å². The Hall–Kier alpha value is -1.69. The molecule has 19 heavy (non-hydrogen) atoms. The second-order valence-corrected chi connectivity index (χ2v) is 4.99. The van der Waals surface area contributed by atoms with E-state index in [9.17, 15) is 0 Å². The molecule has 1 aromatic carbocycles. The number of hydrogen-bond donors (Lipinski definition) is 1. The van der Waals surface area contributed by atoms with Crippen molar-refractivity contribution in [1.82, 2.24) is 9.78 Å². The fourth-order valence-corrected chi connectivity index (χ4v) is 2.47. The van der Waals surface area contributed by atoms with Crippen LogP contribution in [0.2, 0.25) is 0 Å².